The van der Waals surface area contributed by atoms with E-state index in [0.29, 0.717) is 24.1 Å². The molecule has 2 aliphatic carbocycles. The van der Waals surface area contributed by atoms with Crippen molar-refractivity contribution in [3.63, 3.8) is 0 Å². The number of carbonyl (C=O) groups excluding carboxylic acids is 1. The Balaban J connectivity index is 1.36. The lowest BCUT2D eigenvalue weighted by molar-refractivity contribution is -0.119. The predicted molar refractivity (Wildman–Crippen MR) is 88.1 cm³/mol. The molecule has 7 heteroatoms. The van der Waals surface area contributed by atoms with Gasteiger partial charge in [0.1, 0.15) is 0 Å². The molecule has 1 aromatic rings. The smallest absolute Gasteiger partial charge is 0.240 e. The van der Waals surface area contributed by atoms with Crippen LogP contribution in [0.25, 0.3) is 0 Å². The zero-order valence-corrected chi connectivity index (χ0v) is 14.3. The van der Waals surface area contributed by atoms with E-state index in [-0.39, 0.29) is 11.9 Å². The summed E-state index contributed by atoms with van der Waals surface area (Å²) < 4.78 is 5.40. The molecule has 4 rings (SSSR count). The zero-order valence-electron chi connectivity index (χ0n) is 13.5. The number of rotatable bonds is 7. The summed E-state index contributed by atoms with van der Waals surface area (Å²) in [6.07, 6.45) is 6.96. The van der Waals surface area contributed by atoms with E-state index in [1.54, 1.807) is 11.8 Å². The Labute approximate surface area is 140 Å². The van der Waals surface area contributed by atoms with Gasteiger partial charge in [-0.15, -0.1) is 0 Å². The molecule has 0 aromatic carbocycles. The van der Waals surface area contributed by atoms with Crippen LogP contribution in [0.3, 0.4) is 0 Å². The SMILES string of the molecule is CSCC(=O)NC1CN(Cc2nc(C3CC3)no2)CC1C1CC1. The monoisotopic (exact) mass is 336 g/mol. The van der Waals surface area contributed by atoms with Crippen LogP contribution in [0.4, 0.5) is 0 Å². The van der Waals surface area contributed by atoms with Crippen molar-refractivity contribution < 1.29 is 9.32 Å². The van der Waals surface area contributed by atoms with Gasteiger partial charge in [-0.2, -0.15) is 16.7 Å². The van der Waals surface area contributed by atoms with Gasteiger partial charge in [0.05, 0.1) is 12.3 Å². The standard InChI is InChI=1S/C16H24N4O2S/c1-23-9-14(21)17-13-7-20(6-12(13)10-2-3-10)8-15-18-16(19-22-15)11-4-5-11/h10-13H,2-9H2,1H3,(H,17,21). The highest BCUT2D eigenvalue weighted by atomic mass is 32.2. The highest BCUT2D eigenvalue weighted by molar-refractivity contribution is 7.99. The number of likely N-dealkylation sites (tertiary alicyclic amines) is 1. The molecule has 0 radical (unpaired) electrons. The summed E-state index contributed by atoms with van der Waals surface area (Å²) in [6.45, 7) is 2.62. The Morgan fingerprint density at radius 1 is 1.35 bits per heavy atom. The van der Waals surface area contributed by atoms with Crippen LogP contribution in [0.15, 0.2) is 4.52 Å². The number of carbonyl (C=O) groups is 1. The van der Waals surface area contributed by atoms with Gasteiger partial charge in [-0.05, 0) is 43.8 Å². The lowest BCUT2D eigenvalue weighted by Gasteiger charge is -2.19. The third kappa shape index (κ3) is 3.71. The van der Waals surface area contributed by atoms with Gasteiger partial charge in [-0.1, -0.05) is 5.16 Å². The highest BCUT2D eigenvalue weighted by Gasteiger charge is 2.43. The lowest BCUT2D eigenvalue weighted by atomic mass is 9.98. The van der Waals surface area contributed by atoms with Crippen molar-refractivity contribution in [2.75, 3.05) is 25.1 Å². The summed E-state index contributed by atoms with van der Waals surface area (Å²) in [6, 6.07) is 0.271. The third-order valence-corrected chi connectivity index (χ3v) is 5.63. The lowest BCUT2D eigenvalue weighted by Crippen LogP contribution is -2.42. The van der Waals surface area contributed by atoms with Gasteiger partial charge in [-0.3, -0.25) is 9.69 Å². The van der Waals surface area contributed by atoms with Crippen molar-refractivity contribution in [3.05, 3.63) is 11.7 Å². The second-order valence-corrected chi connectivity index (χ2v) is 7.99. The largest absolute Gasteiger partial charge is 0.351 e. The number of nitrogens with one attached hydrogen (secondary N) is 1. The average molecular weight is 336 g/mol. The molecule has 1 aliphatic heterocycles. The quantitative estimate of drug-likeness (QED) is 0.816. The molecule has 0 bridgehead atoms. The molecule has 1 amide bonds. The fourth-order valence-corrected chi connectivity index (χ4v) is 3.95. The minimum atomic E-state index is 0.156. The summed E-state index contributed by atoms with van der Waals surface area (Å²) in [4.78, 5) is 18.8. The molecule has 1 aromatic heterocycles. The minimum Gasteiger partial charge on any atom is -0.351 e. The van der Waals surface area contributed by atoms with Crippen LogP contribution in [0.2, 0.25) is 0 Å². The van der Waals surface area contributed by atoms with E-state index in [1.807, 2.05) is 6.26 Å². The first-order valence-corrected chi connectivity index (χ1v) is 9.95. The van der Waals surface area contributed by atoms with Gasteiger partial charge < -0.3 is 9.84 Å². The van der Waals surface area contributed by atoms with Crippen LogP contribution in [0.1, 0.15) is 43.3 Å². The number of thioether (sulfide) groups is 1. The second kappa shape index (κ2) is 6.43. The first-order chi connectivity index (χ1) is 11.2. The molecule has 1 saturated heterocycles. The molecule has 23 heavy (non-hydrogen) atoms. The van der Waals surface area contributed by atoms with Crippen LogP contribution < -0.4 is 5.32 Å². The molecule has 2 heterocycles. The minimum absolute atomic E-state index is 0.156. The van der Waals surface area contributed by atoms with E-state index in [1.165, 1.54) is 25.7 Å². The molecule has 0 spiro atoms. The summed E-state index contributed by atoms with van der Waals surface area (Å²) in [5.74, 6) is 4.19. The van der Waals surface area contributed by atoms with Crippen molar-refractivity contribution in [2.24, 2.45) is 11.8 Å². The molecule has 126 valence electrons. The van der Waals surface area contributed by atoms with Crippen LogP contribution in [0.5, 0.6) is 0 Å². The zero-order chi connectivity index (χ0) is 15.8. The maximum Gasteiger partial charge on any atom is 0.240 e. The molecule has 3 aliphatic rings. The van der Waals surface area contributed by atoms with E-state index in [0.717, 1.165) is 30.7 Å². The van der Waals surface area contributed by atoms with E-state index in [9.17, 15) is 4.79 Å². The average Bonchev–Trinajstić information content (AvgIpc) is 3.45. The van der Waals surface area contributed by atoms with Gasteiger partial charge in [0.25, 0.3) is 0 Å². The maximum atomic E-state index is 11.9. The summed E-state index contributed by atoms with van der Waals surface area (Å²) >= 11 is 1.57. The maximum absolute atomic E-state index is 11.9. The van der Waals surface area contributed by atoms with Crippen molar-refractivity contribution in [1.82, 2.24) is 20.4 Å². The molecule has 2 saturated carbocycles. The molecular weight excluding hydrogens is 312 g/mol. The van der Waals surface area contributed by atoms with Crippen LogP contribution in [0, 0.1) is 11.8 Å². The summed E-state index contributed by atoms with van der Waals surface area (Å²) in [7, 11) is 0. The fraction of sp³-hybridized carbons (Fsp3) is 0.812. The summed E-state index contributed by atoms with van der Waals surface area (Å²) in [5, 5.41) is 7.33. The Morgan fingerprint density at radius 3 is 2.87 bits per heavy atom. The van der Waals surface area contributed by atoms with Crippen molar-refractivity contribution in [2.45, 2.75) is 44.2 Å². The van der Waals surface area contributed by atoms with Gasteiger partial charge >= 0.3 is 0 Å². The molecule has 1 N–H and O–H groups in total. The van der Waals surface area contributed by atoms with Gasteiger partial charge in [0.15, 0.2) is 5.82 Å². The molecule has 6 nitrogen and oxygen atoms in total. The van der Waals surface area contributed by atoms with Crippen molar-refractivity contribution in [3.8, 4) is 0 Å². The first-order valence-electron chi connectivity index (χ1n) is 8.56. The van der Waals surface area contributed by atoms with E-state index in [4.69, 9.17) is 4.52 Å². The number of amides is 1. The number of nitrogens with zero attached hydrogens (tertiary/aromatic N) is 3. The van der Waals surface area contributed by atoms with E-state index in [2.05, 4.69) is 20.4 Å². The fourth-order valence-electron chi connectivity index (χ4n) is 3.61. The van der Waals surface area contributed by atoms with Gasteiger partial charge in [0.2, 0.25) is 11.8 Å². The Morgan fingerprint density at radius 2 is 2.17 bits per heavy atom. The number of aromatic nitrogens is 2. The summed E-state index contributed by atoms with van der Waals surface area (Å²) in [5.41, 5.74) is 0. The van der Waals surface area contributed by atoms with Gasteiger partial charge in [-0.25, -0.2) is 0 Å². The number of hydrogen-bond acceptors (Lipinski definition) is 6. The first kappa shape index (κ1) is 15.4. The Kier molecular flexibility index (Phi) is 4.32. The normalized spacial score (nSPS) is 28.2. The molecule has 3 fully saturated rings. The number of hydrogen-bond donors (Lipinski definition) is 1. The predicted octanol–water partition coefficient (Wildman–Crippen LogP) is 1.64. The molecule has 2 unspecified atom stereocenters. The third-order valence-electron chi connectivity index (χ3n) is 5.08. The molecule has 2 atom stereocenters. The highest BCUT2D eigenvalue weighted by Crippen LogP contribution is 2.42. The van der Waals surface area contributed by atoms with E-state index < -0.39 is 0 Å². The van der Waals surface area contributed by atoms with Crippen LogP contribution in [-0.2, 0) is 11.3 Å². The Hall–Kier alpha value is -1.08. The van der Waals surface area contributed by atoms with E-state index >= 15 is 0 Å². The van der Waals surface area contributed by atoms with Crippen LogP contribution in [-0.4, -0.2) is 52.1 Å². The van der Waals surface area contributed by atoms with Crippen molar-refractivity contribution >= 4 is 17.7 Å². The Bertz CT molecular complexity index is 570. The second-order valence-electron chi connectivity index (χ2n) is 7.12. The van der Waals surface area contributed by atoms with Crippen molar-refractivity contribution in [1.29, 1.82) is 0 Å². The molecular formula is C16H24N4O2S. The van der Waals surface area contributed by atoms with Crippen LogP contribution >= 0.6 is 11.8 Å². The topological polar surface area (TPSA) is 71.3 Å². The van der Waals surface area contributed by atoms with Gasteiger partial charge in [0, 0.05) is 25.0 Å².